The highest BCUT2D eigenvalue weighted by molar-refractivity contribution is 5.78. The van der Waals surface area contributed by atoms with Gasteiger partial charge in [-0.1, -0.05) is 30.3 Å². The van der Waals surface area contributed by atoms with Crippen LogP contribution in [0, 0.1) is 6.92 Å². The molecule has 0 bridgehead atoms. The summed E-state index contributed by atoms with van der Waals surface area (Å²) in [6, 6.07) is 10.8. The zero-order valence-electron chi connectivity index (χ0n) is 12.1. The second-order valence-electron chi connectivity index (χ2n) is 4.94. The Labute approximate surface area is 122 Å². The molecule has 0 fully saturated rings. The quantitative estimate of drug-likeness (QED) is 0.889. The number of hydrogen-bond acceptors (Lipinski definition) is 3. The second kappa shape index (κ2) is 6.26. The van der Waals surface area contributed by atoms with Crippen LogP contribution >= 0.6 is 0 Å². The van der Waals surface area contributed by atoms with E-state index in [1.54, 1.807) is 18.5 Å². The van der Waals surface area contributed by atoms with Crippen molar-refractivity contribution in [1.29, 1.82) is 0 Å². The first-order valence-corrected chi connectivity index (χ1v) is 6.68. The number of nitrogens with zero attached hydrogens (tertiary/aromatic N) is 1. The van der Waals surface area contributed by atoms with E-state index in [0.717, 1.165) is 11.3 Å². The average Bonchev–Trinajstić information content (AvgIpc) is 2.46. The largest absolute Gasteiger partial charge is 0.503 e. The van der Waals surface area contributed by atoms with Gasteiger partial charge in [-0.25, -0.2) is 0 Å². The number of amides is 1. The second-order valence-corrected chi connectivity index (χ2v) is 4.94. The highest BCUT2D eigenvalue weighted by Gasteiger charge is 2.12. The predicted octanol–water partition coefficient (Wildman–Crippen LogP) is 1.26. The molecule has 0 saturated heterocycles. The van der Waals surface area contributed by atoms with Crippen LogP contribution in [0.3, 0.4) is 0 Å². The van der Waals surface area contributed by atoms with Gasteiger partial charge in [0.05, 0.1) is 18.7 Å². The van der Waals surface area contributed by atoms with Crippen molar-refractivity contribution in [2.75, 3.05) is 0 Å². The van der Waals surface area contributed by atoms with Crippen LogP contribution in [0.4, 0.5) is 0 Å². The molecule has 0 spiro atoms. The van der Waals surface area contributed by atoms with Crippen molar-refractivity contribution in [2.45, 2.75) is 19.9 Å². The summed E-state index contributed by atoms with van der Waals surface area (Å²) in [6.07, 6.45) is 0.265. The molecule has 2 aromatic rings. The Bertz CT molecular complexity index is 705. The number of aromatic hydroxyl groups is 1. The number of hydrogen-bond donors (Lipinski definition) is 2. The summed E-state index contributed by atoms with van der Waals surface area (Å²) in [5.74, 6) is -0.474. The first-order valence-electron chi connectivity index (χ1n) is 6.68. The lowest BCUT2D eigenvalue weighted by molar-refractivity contribution is -0.120. The van der Waals surface area contributed by atoms with E-state index in [4.69, 9.17) is 0 Å². The van der Waals surface area contributed by atoms with E-state index in [0.29, 0.717) is 5.69 Å². The number of aromatic nitrogens is 1. The fraction of sp³-hybridized carbons (Fsp3) is 0.250. The van der Waals surface area contributed by atoms with E-state index in [1.165, 1.54) is 6.07 Å². The highest BCUT2D eigenvalue weighted by Crippen LogP contribution is 2.12. The van der Waals surface area contributed by atoms with Gasteiger partial charge >= 0.3 is 0 Å². The number of benzene rings is 1. The van der Waals surface area contributed by atoms with E-state index < -0.39 is 5.43 Å². The molecule has 1 aromatic carbocycles. The van der Waals surface area contributed by atoms with Crippen molar-refractivity contribution in [3.63, 3.8) is 0 Å². The van der Waals surface area contributed by atoms with E-state index in [2.05, 4.69) is 5.32 Å². The minimum Gasteiger partial charge on any atom is -0.503 e. The van der Waals surface area contributed by atoms with Crippen LogP contribution in [0.1, 0.15) is 17.0 Å². The van der Waals surface area contributed by atoms with Crippen molar-refractivity contribution in [3.05, 3.63) is 63.6 Å². The predicted molar refractivity (Wildman–Crippen MR) is 80.1 cm³/mol. The van der Waals surface area contributed by atoms with Gasteiger partial charge in [-0.3, -0.25) is 9.59 Å². The van der Waals surface area contributed by atoms with Crippen molar-refractivity contribution >= 4 is 5.91 Å². The maximum Gasteiger partial charge on any atom is 0.224 e. The number of nitrogens with one attached hydrogen (secondary N) is 1. The molecule has 2 rings (SSSR count). The molecule has 5 nitrogen and oxygen atoms in total. The first kappa shape index (κ1) is 14.8. The van der Waals surface area contributed by atoms with Crippen molar-refractivity contribution in [2.24, 2.45) is 7.05 Å². The highest BCUT2D eigenvalue weighted by atomic mass is 16.3. The van der Waals surface area contributed by atoms with Gasteiger partial charge < -0.3 is 15.0 Å². The molecule has 0 aliphatic rings. The summed E-state index contributed by atoms with van der Waals surface area (Å²) in [7, 11) is 1.74. The van der Waals surface area contributed by atoms with Gasteiger partial charge in [0.15, 0.2) is 5.75 Å². The summed E-state index contributed by atoms with van der Waals surface area (Å²) in [5, 5.41) is 12.5. The zero-order valence-corrected chi connectivity index (χ0v) is 12.1. The van der Waals surface area contributed by atoms with Crippen LogP contribution in [0.2, 0.25) is 0 Å². The minimum atomic E-state index is -0.432. The molecule has 0 aliphatic heterocycles. The van der Waals surface area contributed by atoms with Gasteiger partial charge in [0.1, 0.15) is 0 Å². The molecule has 5 heteroatoms. The van der Waals surface area contributed by atoms with Crippen LogP contribution in [0.25, 0.3) is 0 Å². The third kappa shape index (κ3) is 3.51. The van der Waals surface area contributed by atoms with Crippen LogP contribution in [-0.4, -0.2) is 15.6 Å². The smallest absolute Gasteiger partial charge is 0.224 e. The lowest BCUT2D eigenvalue weighted by atomic mass is 10.1. The molecule has 110 valence electrons. The number of carbonyl (C=O) groups excluding carboxylic acids is 1. The van der Waals surface area contributed by atoms with E-state index >= 15 is 0 Å². The Morgan fingerprint density at radius 3 is 2.62 bits per heavy atom. The maximum absolute atomic E-state index is 11.9. The van der Waals surface area contributed by atoms with Crippen molar-refractivity contribution < 1.29 is 9.90 Å². The van der Waals surface area contributed by atoms with Crippen LogP contribution in [0.15, 0.2) is 41.2 Å². The third-order valence-corrected chi connectivity index (χ3v) is 3.44. The summed E-state index contributed by atoms with van der Waals surface area (Å²) in [6.45, 7) is 1.89. The maximum atomic E-state index is 11.9. The fourth-order valence-electron chi connectivity index (χ4n) is 2.10. The van der Waals surface area contributed by atoms with Gasteiger partial charge in [0.25, 0.3) is 0 Å². The van der Waals surface area contributed by atoms with Crippen LogP contribution < -0.4 is 10.7 Å². The Hall–Kier alpha value is -2.56. The number of carbonyl (C=O) groups is 1. The lowest BCUT2D eigenvalue weighted by Gasteiger charge is -2.14. The standard InChI is InChI=1S/C16H18N2O3/c1-11-8-14(19)16(21)13(18(11)2)10-17-15(20)9-12-6-4-3-5-7-12/h3-8,21H,9-10H2,1-2H3,(H,17,20). The molecule has 0 aliphatic carbocycles. The molecule has 2 N–H and O–H groups in total. The molecular formula is C16H18N2O3. The first-order chi connectivity index (χ1) is 9.99. The summed E-state index contributed by atoms with van der Waals surface area (Å²) < 4.78 is 1.69. The van der Waals surface area contributed by atoms with Crippen molar-refractivity contribution in [1.82, 2.24) is 9.88 Å². The SMILES string of the molecule is Cc1cc(=O)c(O)c(CNC(=O)Cc2ccccc2)n1C. The lowest BCUT2D eigenvalue weighted by Crippen LogP contribution is -2.27. The van der Waals surface area contributed by atoms with Gasteiger partial charge in [-0.15, -0.1) is 0 Å². The van der Waals surface area contributed by atoms with Gasteiger partial charge in [0.2, 0.25) is 11.3 Å². The average molecular weight is 286 g/mol. The van der Waals surface area contributed by atoms with Gasteiger partial charge in [-0.2, -0.15) is 0 Å². The molecule has 1 heterocycles. The Balaban J connectivity index is 2.07. The molecule has 21 heavy (non-hydrogen) atoms. The molecule has 0 saturated carbocycles. The van der Waals surface area contributed by atoms with E-state index in [1.807, 2.05) is 30.3 Å². The van der Waals surface area contributed by atoms with E-state index in [9.17, 15) is 14.7 Å². The van der Waals surface area contributed by atoms with Gasteiger partial charge in [-0.05, 0) is 12.5 Å². The molecule has 1 amide bonds. The summed E-state index contributed by atoms with van der Waals surface area (Å²) in [5.41, 5.74) is 1.61. The normalized spacial score (nSPS) is 10.4. The molecule has 0 atom stereocenters. The monoisotopic (exact) mass is 286 g/mol. The summed E-state index contributed by atoms with van der Waals surface area (Å²) in [4.78, 5) is 23.5. The number of aryl methyl sites for hydroxylation is 1. The third-order valence-electron chi connectivity index (χ3n) is 3.44. The number of rotatable bonds is 4. The van der Waals surface area contributed by atoms with Crippen LogP contribution in [-0.2, 0) is 24.8 Å². The molecule has 0 radical (unpaired) electrons. The van der Waals surface area contributed by atoms with Crippen molar-refractivity contribution in [3.8, 4) is 5.75 Å². The Morgan fingerprint density at radius 2 is 1.95 bits per heavy atom. The Kier molecular flexibility index (Phi) is 4.42. The number of pyridine rings is 1. The molecular weight excluding hydrogens is 268 g/mol. The fourth-order valence-corrected chi connectivity index (χ4v) is 2.10. The van der Waals surface area contributed by atoms with Crippen LogP contribution in [0.5, 0.6) is 5.75 Å². The van der Waals surface area contributed by atoms with Gasteiger partial charge in [0, 0.05) is 18.8 Å². The van der Waals surface area contributed by atoms with E-state index in [-0.39, 0.29) is 24.6 Å². The summed E-state index contributed by atoms with van der Waals surface area (Å²) >= 11 is 0. The minimum absolute atomic E-state index is 0.116. The topological polar surface area (TPSA) is 71.3 Å². The Morgan fingerprint density at radius 1 is 1.29 bits per heavy atom. The zero-order chi connectivity index (χ0) is 15.4. The molecule has 0 unspecified atom stereocenters. The molecule has 1 aromatic heterocycles.